The summed E-state index contributed by atoms with van der Waals surface area (Å²) in [5.41, 5.74) is 1.14. The van der Waals surface area contributed by atoms with Gasteiger partial charge in [0.05, 0.1) is 6.54 Å². The first-order valence-electron chi connectivity index (χ1n) is 11.7. The Morgan fingerprint density at radius 3 is 2.50 bits per heavy atom. The smallest absolute Gasteiger partial charge is 0.191 e. The molecule has 1 aliphatic rings. The van der Waals surface area contributed by atoms with Crippen molar-refractivity contribution in [3.63, 3.8) is 0 Å². The molecule has 1 atom stereocenters. The van der Waals surface area contributed by atoms with Crippen molar-refractivity contribution in [2.75, 3.05) is 64.3 Å². The van der Waals surface area contributed by atoms with Crippen LogP contribution in [-0.2, 0) is 6.54 Å². The third kappa shape index (κ3) is 8.48. The number of hydrogen-bond acceptors (Lipinski definition) is 5. The molecule has 2 rings (SSSR count). The molecule has 0 amide bonds. The van der Waals surface area contributed by atoms with Crippen molar-refractivity contribution in [3.8, 4) is 0 Å². The number of aliphatic imine (C=N–C) groups is 1. The SMILES string of the molecule is CCNC(=NCc1ccc(N2CCN(C)CC2)nc1)NC(C)CCCN(CC)CC. The van der Waals surface area contributed by atoms with Gasteiger partial charge in [0, 0.05) is 45.0 Å². The maximum atomic E-state index is 4.78. The summed E-state index contributed by atoms with van der Waals surface area (Å²) >= 11 is 0. The molecular weight excluding hydrogens is 374 g/mol. The Morgan fingerprint density at radius 2 is 1.90 bits per heavy atom. The summed E-state index contributed by atoms with van der Waals surface area (Å²) in [4.78, 5) is 16.7. The monoisotopic (exact) mass is 417 g/mol. The van der Waals surface area contributed by atoms with Gasteiger partial charge in [-0.05, 0) is 65.0 Å². The molecule has 0 spiro atoms. The first kappa shape index (κ1) is 24.4. The lowest BCUT2D eigenvalue weighted by atomic mass is 10.2. The van der Waals surface area contributed by atoms with Crippen LogP contribution < -0.4 is 15.5 Å². The van der Waals surface area contributed by atoms with Gasteiger partial charge in [0.15, 0.2) is 5.96 Å². The van der Waals surface area contributed by atoms with Gasteiger partial charge in [-0.1, -0.05) is 19.9 Å². The summed E-state index contributed by atoms with van der Waals surface area (Å²) in [5, 5.41) is 6.92. The maximum Gasteiger partial charge on any atom is 0.191 e. The first-order chi connectivity index (χ1) is 14.5. The molecule has 1 unspecified atom stereocenters. The summed E-state index contributed by atoms with van der Waals surface area (Å²) in [7, 11) is 2.17. The number of guanidine groups is 1. The van der Waals surface area contributed by atoms with Crippen LogP contribution in [0, 0.1) is 0 Å². The third-order valence-electron chi connectivity index (χ3n) is 5.79. The highest BCUT2D eigenvalue weighted by Crippen LogP contribution is 2.14. The minimum atomic E-state index is 0.399. The Kier molecular flexibility index (Phi) is 10.9. The Bertz CT molecular complexity index is 604. The van der Waals surface area contributed by atoms with Crippen LogP contribution in [0.3, 0.4) is 0 Å². The van der Waals surface area contributed by atoms with Crippen LogP contribution in [0.25, 0.3) is 0 Å². The van der Waals surface area contributed by atoms with Gasteiger partial charge in [0.1, 0.15) is 5.82 Å². The molecule has 1 fully saturated rings. The molecule has 1 aliphatic heterocycles. The minimum Gasteiger partial charge on any atom is -0.357 e. The van der Waals surface area contributed by atoms with Gasteiger partial charge < -0.3 is 25.3 Å². The van der Waals surface area contributed by atoms with Gasteiger partial charge in [0.2, 0.25) is 0 Å². The van der Waals surface area contributed by atoms with E-state index < -0.39 is 0 Å². The van der Waals surface area contributed by atoms with E-state index in [-0.39, 0.29) is 0 Å². The Labute approximate surface area is 183 Å². The summed E-state index contributed by atoms with van der Waals surface area (Å²) in [5.74, 6) is 1.96. The maximum absolute atomic E-state index is 4.78. The van der Waals surface area contributed by atoms with Crippen LogP contribution in [0.4, 0.5) is 5.82 Å². The molecule has 2 N–H and O–H groups in total. The molecule has 30 heavy (non-hydrogen) atoms. The molecule has 1 aromatic rings. The van der Waals surface area contributed by atoms with E-state index in [4.69, 9.17) is 4.99 Å². The van der Waals surface area contributed by atoms with Crippen molar-refractivity contribution in [1.29, 1.82) is 0 Å². The zero-order valence-electron chi connectivity index (χ0n) is 19.8. The lowest BCUT2D eigenvalue weighted by Gasteiger charge is -2.33. The molecule has 7 heteroatoms. The second kappa shape index (κ2) is 13.4. The van der Waals surface area contributed by atoms with Gasteiger partial charge in [-0.2, -0.15) is 0 Å². The minimum absolute atomic E-state index is 0.399. The van der Waals surface area contributed by atoms with Crippen LogP contribution in [0.1, 0.15) is 46.1 Å². The van der Waals surface area contributed by atoms with Crippen LogP contribution in [0.2, 0.25) is 0 Å². The van der Waals surface area contributed by atoms with Crippen molar-refractivity contribution in [3.05, 3.63) is 23.9 Å². The molecule has 0 saturated carbocycles. The van der Waals surface area contributed by atoms with Crippen LogP contribution in [0.5, 0.6) is 0 Å². The van der Waals surface area contributed by atoms with E-state index in [1.54, 1.807) is 0 Å². The highest BCUT2D eigenvalue weighted by Gasteiger charge is 2.15. The third-order valence-corrected chi connectivity index (χ3v) is 5.79. The van der Waals surface area contributed by atoms with Crippen molar-refractivity contribution in [2.45, 2.75) is 53.1 Å². The highest BCUT2D eigenvalue weighted by atomic mass is 15.3. The number of aromatic nitrogens is 1. The fourth-order valence-corrected chi connectivity index (χ4v) is 3.69. The number of hydrogen-bond donors (Lipinski definition) is 2. The molecule has 0 aliphatic carbocycles. The number of nitrogens with one attached hydrogen (secondary N) is 2. The molecular formula is C23H43N7. The number of anilines is 1. The zero-order valence-corrected chi connectivity index (χ0v) is 19.8. The molecule has 170 valence electrons. The quantitative estimate of drug-likeness (QED) is 0.426. The number of pyridine rings is 1. The summed E-state index contributed by atoms with van der Waals surface area (Å²) in [6, 6.07) is 4.68. The average Bonchev–Trinajstić information content (AvgIpc) is 2.76. The van der Waals surface area contributed by atoms with Gasteiger partial charge in [0.25, 0.3) is 0 Å². The van der Waals surface area contributed by atoms with Crippen molar-refractivity contribution < 1.29 is 0 Å². The van der Waals surface area contributed by atoms with E-state index >= 15 is 0 Å². The fourth-order valence-electron chi connectivity index (χ4n) is 3.69. The predicted molar refractivity (Wildman–Crippen MR) is 128 cm³/mol. The Morgan fingerprint density at radius 1 is 1.17 bits per heavy atom. The molecule has 2 heterocycles. The number of likely N-dealkylation sites (N-methyl/N-ethyl adjacent to an activating group) is 1. The Balaban J connectivity index is 1.83. The van der Waals surface area contributed by atoms with Crippen LogP contribution in [0.15, 0.2) is 23.3 Å². The largest absolute Gasteiger partial charge is 0.357 e. The van der Waals surface area contributed by atoms with Gasteiger partial charge in [-0.3, -0.25) is 0 Å². The molecule has 7 nitrogen and oxygen atoms in total. The molecule has 0 aromatic carbocycles. The van der Waals surface area contributed by atoms with Gasteiger partial charge in [-0.25, -0.2) is 9.98 Å². The van der Waals surface area contributed by atoms with Crippen molar-refractivity contribution in [2.24, 2.45) is 4.99 Å². The average molecular weight is 418 g/mol. The lowest BCUT2D eigenvalue weighted by Crippen LogP contribution is -2.44. The van der Waals surface area contributed by atoms with Crippen molar-refractivity contribution >= 4 is 11.8 Å². The van der Waals surface area contributed by atoms with Gasteiger partial charge in [-0.15, -0.1) is 0 Å². The predicted octanol–water partition coefficient (Wildman–Crippen LogP) is 2.40. The van der Waals surface area contributed by atoms with E-state index in [1.165, 1.54) is 6.42 Å². The topological polar surface area (TPSA) is 59.0 Å². The second-order valence-corrected chi connectivity index (χ2v) is 8.22. The Hall–Kier alpha value is -1.86. The van der Waals surface area contributed by atoms with E-state index in [0.29, 0.717) is 12.6 Å². The van der Waals surface area contributed by atoms with E-state index in [0.717, 1.165) is 76.1 Å². The van der Waals surface area contributed by atoms with E-state index in [2.05, 4.69) is 77.2 Å². The van der Waals surface area contributed by atoms with Gasteiger partial charge >= 0.3 is 0 Å². The van der Waals surface area contributed by atoms with Crippen molar-refractivity contribution in [1.82, 2.24) is 25.4 Å². The summed E-state index contributed by atoms with van der Waals surface area (Å²) in [6.45, 7) is 18.0. The molecule has 0 radical (unpaired) electrons. The number of rotatable bonds is 11. The van der Waals surface area contributed by atoms with E-state index in [9.17, 15) is 0 Å². The van der Waals surface area contributed by atoms with Crippen LogP contribution >= 0.6 is 0 Å². The summed E-state index contributed by atoms with van der Waals surface area (Å²) in [6.07, 6.45) is 4.31. The van der Waals surface area contributed by atoms with E-state index in [1.807, 2.05) is 6.20 Å². The second-order valence-electron chi connectivity index (χ2n) is 8.22. The number of nitrogens with zero attached hydrogens (tertiary/aromatic N) is 5. The molecule has 1 aromatic heterocycles. The standard InChI is InChI=1S/C23H43N7/c1-6-24-23(27-20(4)10-9-13-29(7-2)8-3)26-19-21-11-12-22(25-18-21)30-16-14-28(5)15-17-30/h11-12,18,20H,6-10,13-17,19H2,1-5H3,(H2,24,26,27). The lowest BCUT2D eigenvalue weighted by molar-refractivity contribution is 0.292. The highest BCUT2D eigenvalue weighted by molar-refractivity contribution is 5.80. The number of piperazine rings is 1. The normalized spacial score (nSPS) is 16.7. The molecule has 0 bridgehead atoms. The molecule has 1 saturated heterocycles. The summed E-state index contributed by atoms with van der Waals surface area (Å²) < 4.78 is 0. The van der Waals surface area contributed by atoms with Crippen LogP contribution in [-0.4, -0.2) is 86.2 Å². The first-order valence-corrected chi connectivity index (χ1v) is 11.7. The fraction of sp³-hybridized carbons (Fsp3) is 0.739. The zero-order chi connectivity index (χ0) is 21.8.